The minimum Gasteiger partial charge on any atom is -0.858 e. The van der Waals surface area contributed by atoms with Crippen LogP contribution in [0.25, 0.3) is 0 Å². The maximum Gasteiger partial charge on any atom is 0.251 e. The van der Waals surface area contributed by atoms with Gasteiger partial charge >= 0.3 is 0 Å². The van der Waals surface area contributed by atoms with Crippen molar-refractivity contribution in [3.63, 3.8) is 0 Å². The average molecular weight is 504 g/mol. The van der Waals surface area contributed by atoms with Crippen LogP contribution in [0.5, 0.6) is 0 Å². The Morgan fingerprint density at radius 1 is 1.12 bits per heavy atom. The van der Waals surface area contributed by atoms with Gasteiger partial charge in [-0.1, -0.05) is 0 Å². The Morgan fingerprint density at radius 2 is 1.68 bits per heavy atom. The van der Waals surface area contributed by atoms with Crippen molar-refractivity contribution in [1.29, 1.82) is 0 Å². The molecule has 1 aromatic rings. The van der Waals surface area contributed by atoms with E-state index >= 15 is 0 Å². The van der Waals surface area contributed by atoms with E-state index in [4.69, 9.17) is 21.1 Å². The first-order chi connectivity index (χ1) is 10.9. The molecule has 0 aromatic heterocycles. The van der Waals surface area contributed by atoms with E-state index in [9.17, 15) is 15.0 Å². The van der Waals surface area contributed by atoms with Crippen LogP contribution in [0.2, 0.25) is 0 Å². The van der Waals surface area contributed by atoms with Crippen molar-refractivity contribution in [2.45, 2.75) is 12.2 Å². The van der Waals surface area contributed by atoms with E-state index in [-0.39, 0.29) is 95.3 Å². The number of rotatable bonds is 8. The Balaban J connectivity index is 0. The zero-order chi connectivity index (χ0) is 17.4. The van der Waals surface area contributed by atoms with Crippen LogP contribution in [0.15, 0.2) is 23.2 Å². The number of benzene rings is 1. The van der Waals surface area contributed by atoms with Crippen molar-refractivity contribution >= 4 is 17.5 Å². The molecule has 7 N–H and O–H groups in total. The molecule has 134 valence electrons. The van der Waals surface area contributed by atoms with E-state index in [2.05, 4.69) is 10.3 Å². The molecule has 0 fully saturated rings. The minimum absolute atomic E-state index is 0. The standard InChI is InChI=1S/C14H21N3O6.2Y/c15-10-2-8(13(22)16-4-11(20)6-18)1-9(3-10)14(23)17-5-12(21)7-19;;/h1-3,11-12,18-21H,4-7,15H2,(H,16,22)(H,17,23);;/p-1. The molecule has 1 aromatic carbocycles. The Hall–Kier alpha value is 0.00779. The molecule has 2 unspecified atom stereocenters. The first kappa shape index (κ1) is 27.2. The molecule has 2 radical (unpaired) electrons. The number of amides is 1. The summed E-state index contributed by atoms with van der Waals surface area (Å²) in [6.45, 7) is -1.43. The largest absolute Gasteiger partial charge is 0.858 e. The number of nitrogen functional groups attached to an aromatic ring is 1. The molecule has 0 heterocycles. The summed E-state index contributed by atoms with van der Waals surface area (Å²) in [5.41, 5.74) is 5.97. The summed E-state index contributed by atoms with van der Waals surface area (Å²) < 4.78 is 0. The third kappa shape index (κ3) is 10.1. The summed E-state index contributed by atoms with van der Waals surface area (Å²) in [6, 6.07) is 3.95. The number of aliphatic imine (C=N–C) groups is 1. The minimum atomic E-state index is -1.14. The smallest absolute Gasteiger partial charge is 0.251 e. The molecule has 0 aliphatic rings. The van der Waals surface area contributed by atoms with Crippen molar-refractivity contribution < 1.29 is 95.7 Å². The van der Waals surface area contributed by atoms with Gasteiger partial charge in [-0.25, -0.2) is 0 Å². The van der Waals surface area contributed by atoms with E-state index in [0.717, 1.165) is 0 Å². The van der Waals surface area contributed by atoms with Crippen molar-refractivity contribution in [2.24, 2.45) is 4.99 Å². The SMILES string of the molecule is Nc1cc(C(=O)NCC(O)CO)cc(C([O-])=NCC(O)CO)c1.[Y].[Y]. The maximum absolute atomic E-state index is 11.9. The monoisotopic (exact) mass is 504 g/mol. The van der Waals surface area contributed by atoms with Gasteiger partial charge < -0.3 is 36.6 Å². The first-order valence-corrected chi connectivity index (χ1v) is 6.85. The number of carbonyl (C=O) groups excluding carboxylic acids is 1. The van der Waals surface area contributed by atoms with Gasteiger partial charge in [0.1, 0.15) is 0 Å². The fourth-order valence-corrected chi connectivity index (χ4v) is 1.62. The number of nitrogens with zero attached hydrogens (tertiary/aromatic N) is 1. The Bertz CT molecular complexity index is 573. The predicted molar refractivity (Wildman–Crippen MR) is 80.8 cm³/mol. The molecule has 0 bridgehead atoms. The zero-order valence-corrected chi connectivity index (χ0v) is 19.2. The second-order valence-corrected chi connectivity index (χ2v) is 4.87. The molecule has 1 amide bonds. The fraction of sp³-hybridized carbons (Fsp3) is 0.429. The van der Waals surface area contributed by atoms with Gasteiger partial charge in [0.15, 0.2) is 0 Å². The van der Waals surface area contributed by atoms with Crippen molar-refractivity contribution in [3.05, 3.63) is 29.3 Å². The zero-order valence-electron chi connectivity index (χ0n) is 13.5. The van der Waals surface area contributed by atoms with Gasteiger partial charge in [-0.3, -0.25) is 9.79 Å². The number of nitrogens with one attached hydrogen (secondary N) is 1. The maximum atomic E-state index is 11.9. The fourth-order valence-electron chi connectivity index (χ4n) is 1.62. The van der Waals surface area contributed by atoms with Crippen LogP contribution in [0.3, 0.4) is 0 Å². The number of anilines is 1. The van der Waals surface area contributed by atoms with E-state index < -0.39 is 37.2 Å². The first-order valence-electron chi connectivity index (χ1n) is 6.85. The predicted octanol–water partition coefficient (Wildman–Crippen LogP) is -3.19. The Morgan fingerprint density at radius 3 is 2.24 bits per heavy atom. The molecule has 25 heavy (non-hydrogen) atoms. The third-order valence-electron chi connectivity index (χ3n) is 2.83. The number of nitrogens with two attached hydrogens (primary N) is 1. The number of hydrogen-bond donors (Lipinski definition) is 6. The van der Waals surface area contributed by atoms with Gasteiger partial charge in [0.25, 0.3) is 5.91 Å². The van der Waals surface area contributed by atoms with E-state index in [1.165, 1.54) is 18.2 Å². The van der Waals surface area contributed by atoms with Crippen LogP contribution in [-0.2, 0) is 65.4 Å². The summed E-state index contributed by atoms with van der Waals surface area (Å²) in [6.07, 6.45) is -2.22. The normalized spacial score (nSPS) is 13.2. The van der Waals surface area contributed by atoms with Gasteiger partial charge in [-0.2, -0.15) is 0 Å². The Labute approximate surface area is 195 Å². The van der Waals surface area contributed by atoms with E-state index in [1.54, 1.807) is 0 Å². The van der Waals surface area contributed by atoms with Crippen LogP contribution >= 0.6 is 0 Å². The van der Waals surface area contributed by atoms with Crippen LogP contribution < -0.4 is 16.2 Å². The molecular weight excluding hydrogens is 484 g/mol. The average Bonchev–Trinajstić information content (AvgIpc) is 2.55. The van der Waals surface area contributed by atoms with E-state index in [0.29, 0.717) is 0 Å². The molecule has 9 nitrogen and oxygen atoms in total. The summed E-state index contributed by atoms with van der Waals surface area (Å²) >= 11 is 0. The van der Waals surface area contributed by atoms with Gasteiger partial charge in [0.05, 0.1) is 32.0 Å². The second kappa shape index (κ2) is 14.1. The molecule has 0 aliphatic carbocycles. The van der Waals surface area contributed by atoms with Gasteiger partial charge in [0, 0.05) is 83.2 Å². The molecule has 0 spiro atoms. The Kier molecular flexibility index (Phi) is 15.4. The summed E-state index contributed by atoms with van der Waals surface area (Å²) in [4.78, 5) is 15.5. The van der Waals surface area contributed by atoms with Gasteiger partial charge in [-0.15, -0.1) is 0 Å². The van der Waals surface area contributed by atoms with Crippen molar-refractivity contribution in [2.75, 3.05) is 32.0 Å². The number of aliphatic hydroxyl groups is 4. The van der Waals surface area contributed by atoms with Crippen molar-refractivity contribution in [3.8, 4) is 0 Å². The molecule has 0 saturated carbocycles. The molecule has 1 rings (SSSR count). The van der Waals surface area contributed by atoms with Gasteiger partial charge in [0.2, 0.25) is 0 Å². The van der Waals surface area contributed by atoms with Crippen LogP contribution in [0.1, 0.15) is 15.9 Å². The van der Waals surface area contributed by atoms with Crippen LogP contribution in [0.4, 0.5) is 5.69 Å². The molecular formula is C14H20N3O6Y2-. The quantitative estimate of drug-likeness (QED) is 0.123. The molecule has 11 heteroatoms. The summed E-state index contributed by atoms with van der Waals surface area (Å²) in [7, 11) is 0. The van der Waals surface area contributed by atoms with Crippen molar-refractivity contribution in [1.82, 2.24) is 5.32 Å². The topological polar surface area (TPSA) is 171 Å². The summed E-state index contributed by atoms with van der Waals surface area (Å²) in [5.74, 6) is -1.26. The number of carbonyl (C=O) groups is 1. The molecule has 2 atom stereocenters. The number of hydrogen-bond acceptors (Lipinski definition) is 8. The third-order valence-corrected chi connectivity index (χ3v) is 2.83. The van der Waals surface area contributed by atoms with Crippen LogP contribution in [-0.4, -0.2) is 70.7 Å². The van der Waals surface area contributed by atoms with Gasteiger partial charge in [-0.05, 0) is 29.7 Å². The number of aliphatic hydroxyl groups excluding tert-OH is 4. The summed E-state index contributed by atoms with van der Waals surface area (Å²) in [5, 5.41) is 50.0. The molecule has 0 aliphatic heterocycles. The second-order valence-electron chi connectivity index (χ2n) is 4.87. The van der Waals surface area contributed by atoms with E-state index in [1.807, 2.05) is 0 Å². The van der Waals surface area contributed by atoms with Crippen LogP contribution in [0, 0.1) is 0 Å². The molecule has 0 saturated heterocycles.